The van der Waals surface area contributed by atoms with Crippen molar-refractivity contribution in [2.45, 2.75) is 38.3 Å². The van der Waals surface area contributed by atoms with E-state index in [0.29, 0.717) is 19.2 Å². The van der Waals surface area contributed by atoms with Gasteiger partial charge in [0.05, 0.1) is 19.1 Å². The Morgan fingerprint density at radius 2 is 2.25 bits per heavy atom. The molecule has 0 aromatic rings. The third kappa shape index (κ3) is 5.72. The average Bonchev–Trinajstić information content (AvgIpc) is 2.28. The minimum atomic E-state index is -0.631. The lowest BCUT2D eigenvalue weighted by molar-refractivity contribution is -0.145. The number of rotatable bonds is 6. The van der Waals surface area contributed by atoms with Gasteiger partial charge in [0, 0.05) is 12.6 Å². The van der Waals surface area contributed by atoms with Crippen LogP contribution in [0.1, 0.15) is 26.2 Å². The summed E-state index contributed by atoms with van der Waals surface area (Å²) in [4.78, 5) is 11.1. The van der Waals surface area contributed by atoms with Crippen LogP contribution >= 0.6 is 11.8 Å². The van der Waals surface area contributed by atoms with E-state index in [-0.39, 0.29) is 12.4 Å². The number of hydrogen-bond donors (Lipinski definition) is 2. The summed E-state index contributed by atoms with van der Waals surface area (Å²) in [5, 5.41) is 12.9. The smallest absolute Gasteiger partial charge is 0.308 e. The second-order valence-electron chi connectivity index (χ2n) is 3.96. The van der Waals surface area contributed by atoms with Gasteiger partial charge in [-0.25, -0.2) is 0 Å². The molecule has 1 aliphatic heterocycles. The maximum Gasteiger partial charge on any atom is 0.308 e. The van der Waals surface area contributed by atoms with E-state index in [4.69, 9.17) is 4.74 Å². The van der Waals surface area contributed by atoms with E-state index in [9.17, 15) is 9.90 Å². The quantitative estimate of drug-likeness (QED) is 0.680. The second kappa shape index (κ2) is 7.92. The fourth-order valence-electron chi connectivity index (χ4n) is 1.69. The van der Waals surface area contributed by atoms with Gasteiger partial charge in [-0.1, -0.05) is 0 Å². The monoisotopic (exact) mass is 247 g/mol. The molecule has 0 aliphatic carbocycles. The van der Waals surface area contributed by atoms with Crippen molar-refractivity contribution in [3.63, 3.8) is 0 Å². The zero-order chi connectivity index (χ0) is 11.8. The Morgan fingerprint density at radius 1 is 1.56 bits per heavy atom. The Labute approximate surface area is 101 Å². The molecule has 94 valence electrons. The number of aliphatic hydroxyl groups excluding tert-OH is 1. The van der Waals surface area contributed by atoms with Crippen molar-refractivity contribution in [2.75, 3.05) is 24.7 Å². The highest BCUT2D eigenvalue weighted by molar-refractivity contribution is 7.99. The number of carbonyl (C=O) groups is 1. The van der Waals surface area contributed by atoms with Crippen molar-refractivity contribution in [2.24, 2.45) is 0 Å². The molecule has 0 radical (unpaired) electrons. The van der Waals surface area contributed by atoms with Crippen molar-refractivity contribution in [1.82, 2.24) is 5.32 Å². The van der Waals surface area contributed by atoms with Crippen molar-refractivity contribution >= 4 is 17.7 Å². The van der Waals surface area contributed by atoms with Gasteiger partial charge < -0.3 is 15.2 Å². The summed E-state index contributed by atoms with van der Waals surface area (Å²) in [5.41, 5.74) is 0. The molecule has 5 heteroatoms. The summed E-state index contributed by atoms with van der Waals surface area (Å²) >= 11 is 1.97. The van der Waals surface area contributed by atoms with Crippen LogP contribution in [0.15, 0.2) is 0 Å². The largest absolute Gasteiger partial charge is 0.466 e. The highest BCUT2D eigenvalue weighted by atomic mass is 32.2. The van der Waals surface area contributed by atoms with Crippen LogP contribution < -0.4 is 5.32 Å². The third-order valence-electron chi connectivity index (χ3n) is 2.57. The predicted octanol–water partition coefficient (Wildman–Crippen LogP) is 0.786. The lowest BCUT2D eigenvalue weighted by Crippen LogP contribution is -2.38. The van der Waals surface area contributed by atoms with Gasteiger partial charge in [0.1, 0.15) is 0 Å². The predicted molar refractivity (Wildman–Crippen MR) is 65.6 cm³/mol. The minimum absolute atomic E-state index is 0.0856. The Balaban J connectivity index is 2.08. The van der Waals surface area contributed by atoms with Gasteiger partial charge in [0.25, 0.3) is 0 Å². The van der Waals surface area contributed by atoms with Crippen LogP contribution in [-0.2, 0) is 9.53 Å². The van der Waals surface area contributed by atoms with Crippen LogP contribution in [0, 0.1) is 0 Å². The highest BCUT2D eigenvalue weighted by Crippen LogP contribution is 2.16. The number of carbonyl (C=O) groups excluding carboxylic acids is 1. The number of esters is 1. The van der Waals surface area contributed by atoms with E-state index in [1.54, 1.807) is 6.92 Å². The van der Waals surface area contributed by atoms with Gasteiger partial charge in [-0.05, 0) is 31.3 Å². The molecule has 1 heterocycles. The van der Waals surface area contributed by atoms with Gasteiger partial charge in [0.15, 0.2) is 0 Å². The first kappa shape index (κ1) is 13.8. The highest BCUT2D eigenvalue weighted by Gasteiger charge is 2.16. The Kier molecular flexibility index (Phi) is 6.84. The fraction of sp³-hybridized carbons (Fsp3) is 0.909. The molecule has 16 heavy (non-hydrogen) atoms. The van der Waals surface area contributed by atoms with Gasteiger partial charge in [-0.15, -0.1) is 0 Å². The van der Waals surface area contributed by atoms with Crippen molar-refractivity contribution < 1.29 is 14.6 Å². The lowest BCUT2D eigenvalue weighted by atomic mass is 10.1. The van der Waals surface area contributed by atoms with Crippen LogP contribution in [0.4, 0.5) is 0 Å². The van der Waals surface area contributed by atoms with E-state index in [2.05, 4.69) is 5.32 Å². The molecule has 1 unspecified atom stereocenters. The first-order valence-electron chi connectivity index (χ1n) is 5.87. The maximum absolute atomic E-state index is 11.1. The third-order valence-corrected chi connectivity index (χ3v) is 3.62. The van der Waals surface area contributed by atoms with Crippen molar-refractivity contribution in [3.05, 3.63) is 0 Å². The van der Waals surface area contributed by atoms with Crippen LogP contribution in [0.2, 0.25) is 0 Å². The van der Waals surface area contributed by atoms with Crippen LogP contribution in [0.3, 0.4) is 0 Å². The Bertz CT molecular complexity index is 207. The molecule has 4 nitrogen and oxygen atoms in total. The number of hydrogen-bond acceptors (Lipinski definition) is 5. The fourth-order valence-corrected chi connectivity index (χ4v) is 2.80. The van der Waals surface area contributed by atoms with Gasteiger partial charge in [0.2, 0.25) is 0 Å². The molecule has 0 aromatic carbocycles. The molecule has 1 fully saturated rings. The molecule has 0 amide bonds. The standard InChI is InChI=1S/C11H21NO3S/c1-2-15-11(14)7-10(13)8-12-9-3-5-16-6-4-9/h9-10,12-13H,2-8H2,1H3. The van der Waals surface area contributed by atoms with Crippen LogP contribution in [-0.4, -0.2) is 47.9 Å². The van der Waals surface area contributed by atoms with Crippen LogP contribution in [0.25, 0.3) is 0 Å². The van der Waals surface area contributed by atoms with Crippen molar-refractivity contribution in [1.29, 1.82) is 0 Å². The molecule has 1 saturated heterocycles. The van der Waals surface area contributed by atoms with E-state index in [1.165, 1.54) is 11.5 Å². The van der Waals surface area contributed by atoms with Gasteiger partial charge >= 0.3 is 5.97 Å². The topological polar surface area (TPSA) is 58.6 Å². The summed E-state index contributed by atoms with van der Waals surface area (Å²) < 4.78 is 4.77. The Morgan fingerprint density at radius 3 is 2.88 bits per heavy atom. The van der Waals surface area contributed by atoms with E-state index in [0.717, 1.165) is 12.8 Å². The maximum atomic E-state index is 11.1. The molecule has 2 N–H and O–H groups in total. The summed E-state index contributed by atoms with van der Waals surface area (Å²) in [5.74, 6) is 2.05. The zero-order valence-corrected chi connectivity index (χ0v) is 10.6. The normalized spacial score (nSPS) is 19.4. The van der Waals surface area contributed by atoms with E-state index in [1.807, 2.05) is 11.8 Å². The minimum Gasteiger partial charge on any atom is -0.466 e. The molecular weight excluding hydrogens is 226 g/mol. The lowest BCUT2D eigenvalue weighted by Gasteiger charge is -2.23. The molecule has 0 spiro atoms. The molecule has 1 atom stereocenters. The second-order valence-corrected chi connectivity index (χ2v) is 5.18. The molecule has 1 rings (SSSR count). The Hall–Kier alpha value is -0.260. The van der Waals surface area contributed by atoms with Gasteiger partial charge in [-0.2, -0.15) is 11.8 Å². The number of thioether (sulfide) groups is 1. The first-order valence-corrected chi connectivity index (χ1v) is 7.02. The molecule has 0 bridgehead atoms. The molecular formula is C11H21NO3S. The molecule has 0 saturated carbocycles. The summed E-state index contributed by atoms with van der Waals surface area (Å²) in [7, 11) is 0. The summed E-state index contributed by atoms with van der Waals surface area (Å²) in [6.45, 7) is 2.62. The molecule has 0 aromatic heterocycles. The SMILES string of the molecule is CCOC(=O)CC(O)CNC1CCSCC1. The summed E-state index contributed by atoms with van der Waals surface area (Å²) in [6.07, 6.45) is 1.75. The van der Waals surface area contributed by atoms with Crippen LogP contribution in [0.5, 0.6) is 0 Å². The van der Waals surface area contributed by atoms with Gasteiger partial charge in [-0.3, -0.25) is 4.79 Å². The summed E-state index contributed by atoms with van der Waals surface area (Å²) in [6, 6.07) is 0.498. The van der Waals surface area contributed by atoms with E-state index < -0.39 is 6.10 Å². The number of ether oxygens (including phenoxy) is 1. The number of nitrogens with one attached hydrogen (secondary N) is 1. The zero-order valence-electron chi connectivity index (χ0n) is 9.78. The average molecular weight is 247 g/mol. The number of aliphatic hydroxyl groups is 1. The van der Waals surface area contributed by atoms with Crippen molar-refractivity contribution in [3.8, 4) is 0 Å². The molecule has 1 aliphatic rings. The van der Waals surface area contributed by atoms with E-state index >= 15 is 0 Å². The first-order chi connectivity index (χ1) is 7.72.